The fourth-order valence-corrected chi connectivity index (χ4v) is 4.86. The van der Waals surface area contributed by atoms with Gasteiger partial charge in [-0.15, -0.1) is 0 Å². The summed E-state index contributed by atoms with van der Waals surface area (Å²) in [5, 5.41) is 0. The summed E-state index contributed by atoms with van der Waals surface area (Å²) in [6, 6.07) is 0. The Labute approximate surface area is 138 Å². The second kappa shape index (κ2) is 6.86. The molecule has 1 aliphatic rings. The Kier molecular flexibility index (Phi) is 6.25. The van der Waals surface area contributed by atoms with Crippen LogP contribution < -0.4 is 0 Å². The van der Waals surface area contributed by atoms with Gasteiger partial charge in [0.2, 0.25) is 0 Å². The minimum atomic E-state index is -1.87. The van der Waals surface area contributed by atoms with E-state index >= 15 is 0 Å². The van der Waals surface area contributed by atoms with Crippen LogP contribution in [0, 0.1) is 0 Å². The number of hydrogen-bond acceptors (Lipinski definition) is 5. The van der Waals surface area contributed by atoms with Gasteiger partial charge in [-0.25, -0.2) is 4.79 Å². The molecule has 0 aromatic heterocycles. The molecule has 0 N–H and O–H groups in total. The van der Waals surface area contributed by atoms with E-state index in [4.69, 9.17) is 18.0 Å². The Hall–Kier alpha value is 0.000649. The van der Waals surface area contributed by atoms with Crippen molar-refractivity contribution >= 4 is 30.9 Å². The Morgan fingerprint density at radius 2 is 1.36 bits per heavy atom. The fourth-order valence-electron chi connectivity index (χ4n) is 2.12. The summed E-state index contributed by atoms with van der Waals surface area (Å²) in [6.07, 6.45) is -1.34. The SMILES string of the molecule is C[Si](C)(C)OCC1OC(=O)C(O[Si](C)(C)C)C1O[Si](C)(C)C. The first-order valence-corrected chi connectivity index (χ1v) is 18.1. The molecule has 0 bridgehead atoms. The van der Waals surface area contributed by atoms with Gasteiger partial charge in [-0.2, -0.15) is 0 Å². The van der Waals surface area contributed by atoms with E-state index in [-0.39, 0.29) is 18.2 Å². The van der Waals surface area contributed by atoms with Gasteiger partial charge < -0.3 is 18.0 Å². The van der Waals surface area contributed by atoms with Crippen molar-refractivity contribution in [2.24, 2.45) is 0 Å². The van der Waals surface area contributed by atoms with Gasteiger partial charge in [-0.05, 0) is 58.9 Å². The van der Waals surface area contributed by atoms with E-state index in [2.05, 4.69) is 58.9 Å². The molecule has 0 saturated carbocycles. The first kappa shape index (κ1) is 20.0. The van der Waals surface area contributed by atoms with Crippen LogP contribution in [0.25, 0.3) is 0 Å². The summed E-state index contributed by atoms with van der Waals surface area (Å²) < 4.78 is 23.7. The average Bonchev–Trinajstić information content (AvgIpc) is 2.49. The first-order valence-electron chi connectivity index (χ1n) is 7.88. The van der Waals surface area contributed by atoms with Crippen LogP contribution in [0.5, 0.6) is 0 Å². The molecule has 1 rings (SSSR count). The number of cyclic esters (lactones) is 1. The largest absolute Gasteiger partial charge is 0.455 e. The lowest BCUT2D eigenvalue weighted by Crippen LogP contribution is -2.48. The number of ether oxygens (including phenoxy) is 1. The van der Waals surface area contributed by atoms with Crippen molar-refractivity contribution in [3.8, 4) is 0 Å². The molecule has 1 fully saturated rings. The molecule has 3 atom stereocenters. The van der Waals surface area contributed by atoms with Gasteiger partial charge in [0, 0.05) is 0 Å². The molecule has 1 heterocycles. The van der Waals surface area contributed by atoms with Crippen molar-refractivity contribution < 1.29 is 22.8 Å². The summed E-state index contributed by atoms with van der Waals surface area (Å²) in [5.74, 6) is -0.310. The molecule has 0 aromatic rings. The van der Waals surface area contributed by atoms with E-state index in [1.807, 2.05) is 0 Å². The second-order valence-electron chi connectivity index (χ2n) is 8.74. The standard InChI is InChI=1S/C14H32O5Si3/c1-20(2,3)16-10-11-12(18-21(4,5)6)13(14(15)17-11)19-22(7,8)9/h11-13H,10H2,1-9H3. The van der Waals surface area contributed by atoms with Crippen LogP contribution in [0.4, 0.5) is 0 Å². The number of carbonyl (C=O) groups excluding carboxylic acids is 1. The molecule has 8 heteroatoms. The van der Waals surface area contributed by atoms with Gasteiger partial charge >= 0.3 is 5.97 Å². The molecular weight excluding hydrogens is 332 g/mol. The van der Waals surface area contributed by atoms with Crippen LogP contribution in [-0.4, -0.2) is 55.8 Å². The Morgan fingerprint density at radius 1 is 0.864 bits per heavy atom. The van der Waals surface area contributed by atoms with Crippen LogP contribution >= 0.6 is 0 Å². The fraction of sp³-hybridized carbons (Fsp3) is 0.929. The van der Waals surface area contributed by atoms with Crippen LogP contribution in [0.3, 0.4) is 0 Å². The van der Waals surface area contributed by atoms with Crippen molar-refractivity contribution in [1.29, 1.82) is 0 Å². The summed E-state index contributed by atoms with van der Waals surface area (Å²) in [6.45, 7) is 19.3. The minimum absolute atomic E-state index is 0.310. The maximum absolute atomic E-state index is 12.2. The number of carbonyl (C=O) groups is 1. The van der Waals surface area contributed by atoms with Crippen molar-refractivity contribution in [2.75, 3.05) is 6.61 Å². The van der Waals surface area contributed by atoms with Crippen molar-refractivity contribution in [3.63, 3.8) is 0 Å². The molecule has 1 aliphatic heterocycles. The molecule has 0 amide bonds. The first-order chi connectivity index (χ1) is 9.68. The summed E-state index contributed by atoms with van der Waals surface area (Å²) in [5.41, 5.74) is 0. The van der Waals surface area contributed by atoms with Crippen LogP contribution in [0.15, 0.2) is 0 Å². The highest BCUT2D eigenvalue weighted by molar-refractivity contribution is 6.70. The molecular formula is C14H32O5Si3. The molecule has 0 spiro atoms. The third-order valence-electron chi connectivity index (χ3n) is 2.82. The normalized spacial score (nSPS) is 27.1. The van der Waals surface area contributed by atoms with Gasteiger partial charge in [0.25, 0.3) is 0 Å². The molecule has 3 unspecified atom stereocenters. The number of esters is 1. The minimum Gasteiger partial charge on any atom is -0.455 e. The number of rotatable bonds is 7. The highest BCUT2D eigenvalue weighted by Crippen LogP contribution is 2.28. The van der Waals surface area contributed by atoms with Gasteiger partial charge in [-0.3, -0.25) is 0 Å². The average molecular weight is 365 g/mol. The molecule has 1 saturated heterocycles. The zero-order chi connectivity index (χ0) is 17.3. The molecule has 22 heavy (non-hydrogen) atoms. The monoisotopic (exact) mass is 364 g/mol. The van der Waals surface area contributed by atoms with Gasteiger partial charge in [0.05, 0.1) is 6.61 Å². The topological polar surface area (TPSA) is 54.0 Å². The Morgan fingerprint density at radius 3 is 1.77 bits per heavy atom. The molecule has 5 nitrogen and oxygen atoms in total. The Bertz CT molecular complexity index is 395. The summed E-state index contributed by atoms with van der Waals surface area (Å²) in [4.78, 5) is 12.2. The van der Waals surface area contributed by atoms with Crippen LogP contribution in [-0.2, 0) is 22.8 Å². The van der Waals surface area contributed by atoms with Gasteiger partial charge in [0.15, 0.2) is 37.2 Å². The van der Waals surface area contributed by atoms with Crippen LogP contribution in [0.2, 0.25) is 58.9 Å². The molecule has 130 valence electrons. The summed E-state index contributed by atoms with van der Waals surface area (Å²) in [7, 11) is -5.37. The van der Waals surface area contributed by atoms with Crippen molar-refractivity contribution in [3.05, 3.63) is 0 Å². The van der Waals surface area contributed by atoms with Crippen LogP contribution in [0.1, 0.15) is 0 Å². The van der Waals surface area contributed by atoms with E-state index < -0.39 is 31.1 Å². The zero-order valence-electron chi connectivity index (χ0n) is 15.5. The van der Waals surface area contributed by atoms with Crippen molar-refractivity contribution in [1.82, 2.24) is 0 Å². The smallest absolute Gasteiger partial charge is 0.337 e. The van der Waals surface area contributed by atoms with E-state index in [0.29, 0.717) is 6.61 Å². The van der Waals surface area contributed by atoms with E-state index in [1.165, 1.54) is 0 Å². The maximum Gasteiger partial charge on any atom is 0.337 e. The molecule has 0 radical (unpaired) electrons. The Balaban J connectivity index is 2.89. The highest BCUT2D eigenvalue weighted by atomic mass is 28.4. The van der Waals surface area contributed by atoms with E-state index in [0.717, 1.165) is 0 Å². The lowest BCUT2D eigenvalue weighted by Gasteiger charge is -2.32. The van der Waals surface area contributed by atoms with Crippen molar-refractivity contribution in [2.45, 2.75) is 77.2 Å². The predicted molar refractivity (Wildman–Crippen MR) is 95.6 cm³/mol. The lowest BCUT2D eigenvalue weighted by atomic mass is 10.1. The van der Waals surface area contributed by atoms with Gasteiger partial charge in [0.1, 0.15) is 6.10 Å². The quantitative estimate of drug-likeness (QED) is 0.513. The maximum atomic E-state index is 12.2. The molecule has 0 aliphatic carbocycles. The third kappa shape index (κ3) is 7.05. The van der Waals surface area contributed by atoms with E-state index in [1.54, 1.807) is 0 Å². The third-order valence-corrected chi connectivity index (χ3v) is 5.79. The predicted octanol–water partition coefficient (Wildman–Crippen LogP) is 3.20. The number of hydrogen-bond donors (Lipinski definition) is 0. The van der Waals surface area contributed by atoms with E-state index in [9.17, 15) is 4.79 Å². The molecule has 0 aromatic carbocycles. The summed E-state index contributed by atoms with van der Waals surface area (Å²) >= 11 is 0. The lowest BCUT2D eigenvalue weighted by molar-refractivity contribution is -0.147. The second-order valence-corrected chi connectivity index (χ2v) is 22.2. The highest BCUT2D eigenvalue weighted by Gasteiger charge is 2.49. The zero-order valence-corrected chi connectivity index (χ0v) is 18.5. The van der Waals surface area contributed by atoms with Gasteiger partial charge in [-0.1, -0.05) is 0 Å².